The number of anilines is 1. The van der Waals surface area contributed by atoms with Crippen molar-refractivity contribution in [3.8, 4) is 0 Å². The monoisotopic (exact) mass is 328 g/mol. The average Bonchev–Trinajstić information content (AvgIpc) is 2.50. The summed E-state index contributed by atoms with van der Waals surface area (Å²) in [6, 6.07) is 11.1. The lowest BCUT2D eigenvalue weighted by Crippen LogP contribution is -2.14. The van der Waals surface area contributed by atoms with Crippen molar-refractivity contribution in [3.05, 3.63) is 70.1 Å². The van der Waals surface area contributed by atoms with E-state index in [4.69, 9.17) is 11.6 Å². The van der Waals surface area contributed by atoms with E-state index >= 15 is 0 Å². The van der Waals surface area contributed by atoms with Crippen LogP contribution in [0.5, 0.6) is 0 Å². The number of aromatic nitrogens is 1. The van der Waals surface area contributed by atoms with Gasteiger partial charge in [0.2, 0.25) is 0 Å². The second kappa shape index (κ2) is 5.97. The number of aryl methyl sites for hydroxylation is 2. The van der Waals surface area contributed by atoms with E-state index in [0.717, 1.165) is 5.56 Å². The Balaban J connectivity index is 2.07. The number of nitrogens with zero attached hydrogens (tertiary/aromatic N) is 1. The van der Waals surface area contributed by atoms with E-state index in [0.29, 0.717) is 32.9 Å². The van der Waals surface area contributed by atoms with Gasteiger partial charge < -0.3 is 5.32 Å². The minimum atomic E-state index is -0.406. The molecule has 2 aromatic carbocycles. The van der Waals surface area contributed by atoms with Crippen molar-refractivity contribution in [2.75, 3.05) is 5.32 Å². The van der Waals surface area contributed by atoms with E-state index in [1.54, 1.807) is 31.2 Å². The maximum atomic E-state index is 13.5. The third kappa shape index (κ3) is 3.17. The van der Waals surface area contributed by atoms with Crippen LogP contribution >= 0.6 is 11.6 Å². The lowest BCUT2D eigenvalue weighted by molar-refractivity contribution is 0.102. The van der Waals surface area contributed by atoms with Gasteiger partial charge in [0.25, 0.3) is 5.91 Å². The highest BCUT2D eigenvalue weighted by Crippen LogP contribution is 2.24. The molecule has 116 valence electrons. The Hall–Kier alpha value is -2.46. The van der Waals surface area contributed by atoms with E-state index < -0.39 is 5.82 Å². The van der Waals surface area contributed by atoms with Crippen LogP contribution in [0, 0.1) is 19.7 Å². The van der Waals surface area contributed by atoms with Crippen molar-refractivity contribution >= 4 is 34.1 Å². The molecular formula is C18H14ClFN2O. The van der Waals surface area contributed by atoms with Crippen molar-refractivity contribution < 1.29 is 9.18 Å². The zero-order valence-corrected chi connectivity index (χ0v) is 13.4. The van der Waals surface area contributed by atoms with Crippen molar-refractivity contribution in [3.63, 3.8) is 0 Å². The predicted octanol–water partition coefficient (Wildman–Crippen LogP) is 4.90. The van der Waals surface area contributed by atoms with Crippen LogP contribution in [0.1, 0.15) is 21.6 Å². The highest BCUT2D eigenvalue weighted by molar-refractivity contribution is 6.31. The number of nitrogens with one attached hydrogen (secondary N) is 1. The van der Waals surface area contributed by atoms with Crippen molar-refractivity contribution in [2.24, 2.45) is 0 Å². The molecule has 1 aromatic heterocycles. The van der Waals surface area contributed by atoms with E-state index in [2.05, 4.69) is 10.3 Å². The molecule has 3 nitrogen and oxygen atoms in total. The summed E-state index contributed by atoms with van der Waals surface area (Å²) in [6.07, 6.45) is 0. The average molecular weight is 329 g/mol. The summed E-state index contributed by atoms with van der Waals surface area (Å²) in [5.74, 6) is -0.729. The summed E-state index contributed by atoms with van der Waals surface area (Å²) < 4.78 is 13.5. The maximum Gasteiger partial charge on any atom is 0.256 e. The number of benzene rings is 2. The Morgan fingerprint density at radius 3 is 2.70 bits per heavy atom. The Kier molecular flexibility index (Phi) is 4.01. The van der Waals surface area contributed by atoms with E-state index in [9.17, 15) is 9.18 Å². The number of fused-ring (bicyclic) bond motifs is 1. The molecule has 0 saturated heterocycles. The zero-order valence-electron chi connectivity index (χ0n) is 12.7. The van der Waals surface area contributed by atoms with Gasteiger partial charge in [0.05, 0.1) is 11.1 Å². The van der Waals surface area contributed by atoms with Gasteiger partial charge in [-0.3, -0.25) is 9.78 Å². The van der Waals surface area contributed by atoms with Crippen molar-refractivity contribution in [2.45, 2.75) is 13.8 Å². The van der Waals surface area contributed by atoms with E-state index in [1.807, 2.05) is 13.0 Å². The summed E-state index contributed by atoms with van der Waals surface area (Å²) in [6.45, 7) is 3.67. The first kappa shape index (κ1) is 15.4. The van der Waals surface area contributed by atoms with Gasteiger partial charge in [-0.1, -0.05) is 17.7 Å². The molecule has 0 saturated carbocycles. The van der Waals surface area contributed by atoms with E-state index in [-0.39, 0.29) is 5.91 Å². The molecule has 0 fully saturated rings. The molecular weight excluding hydrogens is 315 g/mol. The number of hydrogen-bond donors (Lipinski definition) is 1. The van der Waals surface area contributed by atoms with Crippen LogP contribution in [-0.4, -0.2) is 10.9 Å². The van der Waals surface area contributed by atoms with Gasteiger partial charge in [0.15, 0.2) is 0 Å². The first-order valence-corrected chi connectivity index (χ1v) is 7.46. The Labute approximate surface area is 138 Å². The maximum absolute atomic E-state index is 13.5. The fourth-order valence-corrected chi connectivity index (χ4v) is 2.61. The molecule has 1 amide bonds. The smallest absolute Gasteiger partial charge is 0.256 e. The summed E-state index contributed by atoms with van der Waals surface area (Å²) in [7, 11) is 0. The second-order valence-corrected chi connectivity index (χ2v) is 5.82. The van der Waals surface area contributed by atoms with Gasteiger partial charge in [-0.2, -0.15) is 0 Å². The van der Waals surface area contributed by atoms with E-state index in [1.165, 1.54) is 12.1 Å². The van der Waals surface area contributed by atoms with Gasteiger partial charge in [0, 0.05) is 21.8 Å². The topological polar surface area (TPSA) is 42.0 Å². The lowest BCUT2D eigenvalue weighted by atomic mass is 10.1. The molecule has 0 aliphatic rings. The normalized spacial score (nSPS) is 10.8. The molecule has 3 rings (SSSR count). The van der Waals surface area contributed by atoms with Crippen LogP contribution in [0.15, 0.2) is 42.5 Å². The van der Waals surface area contributed by atoms with Gasteiger partial charge in [-0.25, -0.2) is 4.39 Å². The zero-order chi connectivity index (χ0) is 16.6. The van der Waals surface area contributed by atoms with Crippen molar-refractivity contribution in [1.29, 1.82) is 0 Å². The van der Waals surface area contributed by atoms with Crippen LogP contribution in [0.2, 0.25) is 5.02 Å². The third-order valence-electron chi connectivity index (χ3n) is 3.59. The number of halogens is 2. The molecule has 0 bridgehead atoms. The first-order chi connectivity index (χ1) is 10.9. The van der Waals surface area contributed by atoms with Crippen LogP contribution < -0.4 is 5.32 Å². The predicted molar refractivity (Wildman–Crippen MR) is 90.6 cm³/mol. The van der Waals surface area contributed by atoms with Crippen molar-refractivity contribution in [1.82, 2.24) is 4.98 Å². The number of pyridine rings is 1. The number of carbonyl (C=O) groups is 1. The molecule has 0 aliphatic carbocycles. The fraction of sp³-hybridized carbons (Fsp3) is 0.111. The van der Waals surface area contributed by atoms with Crippen LogP contribution in [0.25, 0.3) is 10.9 Å². The van der Waals surface area contributed by atoms with Crippen LogP contribution in [-0.2, 0) is 0 Å². The minimum Gasteiger partial charge on any atom is -0.322 e. The summed E-state index contributed by atoms with van der Waals surface area (Å²) in [5.41, 5.74) is 3.17. The molecule has 0 spiro atoms. The standard InChI is InChI=1S/C18H14ClFN2O/c1-10-3-4-12(19)8-17(10)22-18(23)15-7-11(2)21-16-6-5-13(20)9-14(15)16/h3-9H,1-2H3,(H,22,23). The Morgan fingerprint density at radius 1 is 1.13 bits per heavy atom. The summed E-state index contributed by atoms with van der Waals surface area (Å²) in [4.78, 5) is 17.0. The summed E-state index contributed by atoms with van der Waals surface area (Å²) >= 11 is 5.98. The molecule has 3 aromatic rings. The first-order valence-electron chi connectivity index (χ1n) is 7.08. The number of amides is 1. The van der Waals surface area contributed by atoms with Crippen LogP contribution in [0.3, 0.4) is 0 Å². The molecule has 1 N–H and O–H groups in total. The van der Waals surface area contributed by atoms with Gasteiger partial charge >= 0.3 is 0 Å². The number of carbonyl (C=O) groups excluding carboxylic acids is 1. The number of rotatable bonds is 2. The van der Waals surface area contributed by atoms with Gasteiger partial charge in [-0.15, -0.1) is 0 Å². The highest BCUT2D eigenvalue weighted by atomic mass is 35.5. The molecule has 0 aliphatic heterocycles. The Bertz CT molecular complexity index is 924. The number of hydrogen-bond acceptors (Lipinski definition) is 2. The van der Waals surface area contributed by atoms with Gasteiger partial charge in [0.1, 0.15) is 5.82 Å². The van der Waals surface area contributed by atoms with Gasteiger partial charge in [-0.05, 0) is 55.8 Å². The second-order valence-electron chi connectivity index (χ2n) is 5.39. The highest BCUT2D eigenvalue weighted by Gasteiger charge is 2.14. The fourth-order valence-electron chi connectivity index (χ4n) is 2.44. The van der Waals surface area contributed by atoms with Crippen LogP contribution in [0.4, 0.5) is 10.1 Å². The minimum absolute atomic E-state index is 0.323. The SMILES string of the molecule is Cc1cc(C(=O)Nc2cc(Cl)ccc2C)c2cc(F)ccc2n1. The largest absolute Gasteiger partial charge is 0.322 e. The quantitative estimate of drug-likeness (QED) is 0.727. The molecule has 1 heterocycles. The third-order valence-corrected chi connectivity index (χ3v) is 3.83. The molecule has 0 unspecified atom stereocenters. The Morgan fingerprint density at radius 2 is 1.91 bits per heavy atom. The summed E-state index contributed by atoms with van der Waals surface area (Å²) in [5, 5.41) is 3.85. The molecule has 0 atom stereocenters. The molecule has 23 heavy (non-hydrogen) atoms. The lowest BCUT2D eigenvalue weighted by Gasteiger charge is -2.11. The molecule has 5 heteroatoms. The molecule has 0 radical (unpaired) electrons.